The number of carbonyl (C=O) groups excluding carboxylic acids is 5. The predicted octanol–water partition coefficient (Wildman–Crippen LogP) is 4.01. The number of aliphatic hydroxyl groups excluding tert-OH is 3. The minimum Gasteiger partial charge on any atom is -0.460 e. The van der Waals surface area contributed by atoms with Crippen molar-refractivity contribution in [1.29, 1.82) is 0 Å². The molecular weight excluding hydrogens is 750 g/mol. The molecule has 2 heterocycles. The van der Waals surface area contributed by atoms with Crippen LogP contribution in [0.2, 0.25) is 0 Å². The highest BCUT2D eigenvalue weighted by molar-refractivity contribution is 5.92. The van der Waals surface area contributed by atoms with E-state index in [0.717, 1.165) is 25.7 Å². The first-order valence-electron chi connectivity index (χ1n) is 20.5. The fraction of sp³-hybridized carbons (Fsp3) is 0.659. The van der Waals surface area contributed by atoms with Crippen molar-refractivity contribution in [3.05, 3.63) is 59.2 Å². The maximum absolute atomic E-state index is 14.7. The summed E-state index contributed by atoms with van der Waals surface area (Å²) >= 11 is 0. The van der Waals surface area contributed by atoms with Crippen molar-refractivity contribution in [2.75, 3.05) is 6.61 Å². The van der Waals surface area contributed by atoms with E-state index < -0.39 is 88.4 Å². The van der Waals surface area contributed by atoms with E-state index in [0.29, 0.717) is 18.4 Å². The summed E-state index contributed by atoms with van der Waals surface area (Å²) in [6.07, 6.45) is -0.682. The predicted molar refractivity (Wildman–Crippen MR) is 209 cm³/mol. The van der Waals surface area contributed by atoms with E-state index in [4.69, 9.17) is 18.9 Å². The smallest absolute Gasteiger partial charge is 0.338 e. The van der Waals surface area contributed by atoms with Crippen LogP contribution in [0.15, 0.2) is 53.6 Å². The van der Waals surface area contributed by atoms with Crippen LogP contribution in [0.1, 0.15) is 124 Å². The Morgan fingerprint density at radius 3 is 2.19 bits per heavy atom. The van der Waals surface area contributed by atoms with Gasteiger partial charge in [0, 0.05) is 44.4 Å². The number of aliphatic hydroxyl groups is 4. The summed E-state index contributed by atoms with van der Waals surface area (Å²) in [6.45, 7) is 8.94. The molecule has 320 valence electrons. The highest BCUT2D eigenvalue weighted by atomic mass is 16.6. The average molecular weight is 812 g/mol. The molecule has 2 aliphatic heterocycles. The molecule has 0 spiro atoms. The van der Waals surface area contributed by atoms with Crippen molar-refractivity contribution in [2.45, 2.75) is 166 Å². The molecule has 0 radical (unpaired) electrons. The van der Waals surface area contributed by atoms with Gasteiger partial charge in [0.05, 0.1) is 24.2 Å². The first-order chi connectivity index (χ1) is 27.3. The third-order valence-corrected chi connectivity index (χ3v) is 13.0. The summed E-state index contributed by atoms with van der Waals surface area (Å²) in [5.74, 6) is -3.50. The molecule has 4 aliphatic rings. The first-order valence-corrected chi connectivity index (χ1v) is 20.5. The third-order valence-electron chi connectivity index (χ3n) is 13.0. The zero-order chi connectivity index (χ0) is 42.6. The van der Waals surface area contributed by atoms with Gasteiger partial charge in [0.15, 0.2) is 17.5 Å². The number of benzene rings is 1. The van der Waals surface area contributed by atoms with E-state index in [2.05, 4.69) is 5.32 Å². The Balaban J connectivity index is 1.54. The lowest BCUT2D eigenvalue weighted by Gasteiger charge is -2.57. The van der Waals surface area contributed by atoms with E-state index in [9.17, 15) is 44.4 Å². The van der Waals surface area contributed by atoms with E-state index >= 15 is 0 Å². The number of nitrogens with one attached hydrogen (secondary N) is 1. The van der Waals surface area contributed by atoms with Crippen LogP contribution in [-0.2, 0) is 42.9 Å². The summed E-state index contributed by atoms with van der Waals surface area (Å²) < 4.78 is 23.1. The summed E-state index contributed by atoms with van der Waals surface area (Å²) in [5, 5.41) is 50.7. The Bertz CT molecular complexity index is 1760. The zero-order valence-corrected chi connectivity index (χ0v) is 34.5. The minimum absolute atomic E-state index is 0.000263. The molecule has 1 unspecified atom stereocenters. The molecule has 1 amide bonds. The molecule has 2 fully saturated rings. The standard InChI is InChI=1S/C44H61NO13/c1-26-30-23-44(54,41(4,5)35(26)37(50)39(52)42(6)24-43(58-28(3)46)25-55-32(43)22-31(42)47)27(2)56-34(49)21-17-12-10-8-7-9-11-16-20-33(48)45-36(38(51)40(53)57-30)29-18-14-13-15-19-29/h7-8,13-15,18-19,27,30-32,36-38,47,50-51,54H,9-12,16-17,20-25H2,1-6H3,(H,45,48)/b8-7+/t27-,30?,31-,32+,36-,37+,38+,42-,43-,44+/m0/s1. The second-order valence-corrected chi connectivity index (χ2v) is 17.3. The number of allylic oxidation sites excluding steroid dienone is 2. The lowest BCUT2D eigenvalue weighted by molar-refractivity contribution is -0.291. The summed E-state index contributed by atoms with van der Waals surface area (Å²) in [5.41, 5.74) is -5.85. The normalized spacial score (nSPS) is 36.6. The topological polar surface area (TPSA) is 215 Å². The van der Waals surface area contributed by atoms with Crippen LogP contribution < -0.4 is 5.32 Å². The molecule has 2 bridgehead atoms. The minimum atomic E-state index is -2.07. The van der Waals surface area contributed by atoms with Crippen molar-refractivity contribution >= 4 is 29.6 Å². The fourth-order valence-electron chi connectivity index (χ4n) is 9.37. The van der Waals surface area contributed by atoms with Gasteiger partial charge in [-0.05, 0) is 76.0 Å². The lowest BCUT2D eigenvalue weighted by Crippen LogP contribution is -2.70. The van der Waals surface area contributed by atoms with E-state index in [-0.39, 0.29) is 55.8 Å². The van der Waals surface area contributed by atoms with Crippen LogP contribution >= 0.6 is 0 Å². The Kier molecular flexibility index (Phi) is 14.1. The number of amides is 1. The molecule has 58 heavy (non-hydrogen) atoms. The molecule has 14 nitrogen and oxygen atoms in total. The lowest BCUT2D eigenvalue weighted by atomic mass is 9.55. The van der Waals surface area contributed by atoms with Gasteiger partial charge in [0.25, 0.3) is 0 Å². The summed E-state index contributed by atoms with van der Waals surface area (Å²) in [6, 6.07) is 7.26. The quantitative estimate of drug-likeness (QED) is 0.162. The third kappa shape index (κ3) is 9.11. The van der Waals surface area contributed by atoms with Crippen LogP contribution in [-0.4, -0.2) is 104 Å². The maximum atomic E-state index is 14.7. The number of ether oxygens (including phenoxy) is 4. The monoisotopic (exact) mass is 811 g/mol. The van der Waals surface area contributed by atoms with Crippen molar-refractivity contribution in [3.63, 3.8) is 0 Å². The number of hydrogen-bond donors (Lipinski definition) is 5. The average Bonchev–Trinajstić information content (AvgIpc) is 3.16. The Morgan fingerprint density at radius 1 is 0.948 bits per heavy atom. The SMILES string of the molecule is CC(=O)O[C@@]12CO[C@@H]1C[C@H](O)[C@@](C)(C(=O)[C@H](O)C1=C(C)C3C[C@@](O)([C@H](C)OC(=O)CCCC/C=C/CCCCC(=O)N[C@@H](c4ccccc4)[C@@H](O)C(=O)O3)C1(C)C)C2. The molecule has 0 aromatic heterocycles. The van der Waals surface area contributed by atoms with Gasteiger partial charge in [-0.15, -0.1) is 0 Å². The molecular formula is C44H61NO13. The number of Topliss-reactive ketones (excluding diaryl/α,β-unsaturated/α-hetero) is 1. The van der Waals surface area contributed by atoms with Gasteiger partial charge in [-0.1, -0.05) is 56.3 Å². The van der Waals surface area contributed by atoms with Gasteiger partial charge in [-0.2, -0.15) is 0 Å². The number of ketones is 1. The maximum Gasteiger partial charge on any atom is 0.338 e. The van der Waals surface area contributed by atoms with Crippen molar-refractivity contribution in [3.8, 4) is 0 Å². The van der Waals surface area contributed by atoms with Gasteiger partial charge in [-0.25, -0.2) is 4.79 Å². The molecule has 5 rings (SSSR count). The second-order valence-electron chi connectivity index (χ2n) is 17.3. The van der Waals surface area contributed by atoms with Crippen molar-refractivity contribution in [1.82, 2.24) is 5.32 Å². The molecule has 1 saturated carbocycles. The van der Waals surface area contributed by atoms with Crippen LogP contribution in [0.5, 0.6) is 0 Å². The van der Waals surface area contributed by atoms with E-state index in [1.807, 2.05) is 12.2 Å². The number of cyclic esters (lactones) is 1. The van der Waals surface area contributed by atoms with Crippen LogP contribution in [0.4, 0.5) is 0 Å². The van der Waals surface area contributed by atoms with E-state index in [1.54, 1.807) is 51.1 Å². The first kappa shape index (κ1) is 45.1. The van der Waals surface area contributed by atoms with Gasteiger partial charge in [0.1, 0.15) is 30.0 Å². The molecule has 5 N–H and O–H groups in total. The number of rotatable bonds is 5. The molecule has 2 aliphatic carbocycles. The fourth-order valence-corrected chi connectivity index (χ4v) is 9.37. The number of carbonyl (C=O) groups is 5. The second kappa shape index (κ2) is 18.1. The zero-order valence-electron chi connectivity index (χ0n) is 34.5. The Labute approximate surface area is 340 Å². The highest BCUT2D eigenvalue weighted by Crippen LogP contribution is 2.55. The van der Waals surface area contributed by atoms with E-state index in [1.165, 1.54) is 20.8 Å². The Hall–Kier alpha value is -3.95. The van der Waals surface area contributed by atoms with Gasteiger partial charge < -0.3 is 44.7 Å². The van der Waals surface area contributed by atoms with Crippen LogP contribution in [0.3, 0.4) is 0 Å². The molecule has 14 heteroatoms. The van der Waals surface area contributed by atoms with Gasteiger partial charge >= 0.3 is 17.9 Å². The van der Waals surface area contributed by atoms with Crippen molar-refractivity contribution in [2.24, 2.45) is 10.8 Å². The highest BCUT2D eigenvalue weighted by Gasteiger charge is 2.65. The molecule has 10 atom stereocenters. The summed E-state index contributed by atoms with van der Waals surface area (Å²) in [4.78, 5) is 67.2. The molecule has 1 aromatic carbocycles. The summed E-state index contributed by atoms with van der Waals surface area (Å²) in [7, 11) is 0. The number of hydrogen-bond acceptors (Lipinski definition) is 13. The Morgan fingerprint density at radius 2 is 1.59 bits per heavy atom. The number of fused-ring (bicyclic) bond motifs is 3. The van der Waals surface area contributed by atoms with Gasteiger partial charge in [0.2, 0.25) is 5.91 Å². The van der Waals surface area contributed by atoms with Crippen molar-refractivity contribution < 1.29 is 63.3 Å². The number of esters is 3. The van der Waals surface area contributed by atoms with Gasteiger partial charge in [-0.3, -0.25) is 19.2 Å². The molecule has 1 saturated heterocycles. The van der Waals surface area contributed by atoms with Crippen LogP contribution in [0.25, 0.3) is 0 Å². The molecule has 1 aromatic rings. The van der Waals surface area contributed by atoms with Crippen LogP contribution in [0, 0.1) is 10.8 Å². The largest absolute Gasteiger partial charge is 0.460 e.